The molecule has 3 aromatic carbocycles. The Morgan fingerprint density at radius 1 is 1.02 bits per heavy atom. The van der Waals surface area contributed by atoms with Crippen LogP contribution in [0.2, 0.25) is 0 Å². The lowest BCUT2D eigenvalue weighted by atomic mass is 9.96. The van der Waals surface area contributed by atoms with Gasteiger partial charge in [-0.3, -0.25) is 14.4 Å². The molecule has 2 aliphatic rings. The van der Waals surface area contributed by atoms with Gasteiger partial charge in [0.2, 0.25) is 5.91 Å². The number of carbonyl (C=O) groups excluding carboxylic acids is 3. The number of nitrogens with one attached hydrogen (secondary N) is 2. The number of hydrogen-bond donors (Lipinski definition) is 4. The molecule has 9 heteroatoms. The summed E-state index contributed by atoms with van der Waals surface area (Å²) in [6, 6.07) is 20.1. The highest BCUT2D eigenvalue weighted by molar-refractivity contribution is 8.00. The van der Waals surface area contributed by atoms with Crippen molar-refractivity contribution in [3.05, 3.63) is 101 Å². The van der Waals surface area contributed by atoms with Gasteiger partial charge in [0.25, 0.3) is 11.8 Å². The molecule has 8 nitrogen and oxygen atoms in total. The summed E-state index contributed by atoms with van der Waals surface area (Å²) in [5.74, 6) is -1.17. The predicted octanol–water partition coefficient (Wildman–Crippen LogP) is 3.89. The normalized spacial score (nSPS) is 20.4. The first kappa shape index (κ1) is 29.7. The summed E-state index contributed by atoms with van der Waals surface area (Å²) in [7, 11) is 0. The zero-order chi connectivity index (χ0) is 30.0. The van der Waals surface area contributed by atoms with Crippen molar-refractivity contribution in [3.63, 3.8) is 0 Å². The van der Waals surface area contributed by atoms with Crippen LogP contribution in [-0.4, -0.2) is 61.6 Å². The number of nitrogens with zero attached hydrogens (tertiary/aromatic N) is 1. The lowest BCUT2D eigenvalue weighted by Gasteiger charge is -2.34. The number of aromatic hydroxyl groups is 1. The standard InChI is InChI=1S/C33H37N3O5S/c1-20-23(14-9-15-27(20)37)30(39)35-26(18-21-10-5-4-6-11-21)28(38)32(41)36-19-42-33(2,3)29(36)31(40)34-25-17-16-22-12-7-8-13-24(22)25/h4-15,25-26,28-29,37-38H,16-19H2,1-3H3,(H,34,40)(H,35,39)/t25?,26-,28-,29+/m0/s1. The van der Waals surface area contributed by atoms with E-state index in [1.807, 2.05) is 62.4 Å². The summed E-state index contributed by atoms with van der Waals surface area (Å²) >= 11 is 1.48. The quantitative estimate of drug-likeness (QED) is 0.318. The third kappa shape index (κ3) is 6.03. The monoisotopic (exact) mass is 587 g/mol. The summed E-state index contributed by atoms with van der Waals surface area (Å²) in [6.45, 7) is 5.49. The fourth-order valence-corrected chi connectivity index (χ4v) is 7.08. The average molecular weight is 588 g/mol. The van der Waals surface area contributed by atoms with Crippen LogP contribution in [0.5, 0.6) is 5.75 Å². The van der Waals surface area contributed by atoms with Gasteiger partial charge >= 0.3 is 0 Å². The van der Waals surface area contributed by atoms with Crippen molar-refractivity contribution in [3.8, 4) is 5.75 Å². The molecule has 5 rings (SSSR count). The molecule has 1 aliphatic carbocycles. The first-order chi connectivity index (χ1) is 20.1. The molecular formula is C33H37N3O5S. The molecule has 3 aromatic rings. The topological polar surface area (TPSA) is 119 Å². The largest absolute Gasteiger partial charge is 0.508 e. The molecule has 0 radical (unpaired) electrons. The second kappa shape index (κ2) is 12.2. The molecule has 0 bridgehead atoms. The highest BCUT2D eigenvalue weighted by Crippen LogP contribution is 2.41. The number of benzene rings is 3. The van der Waals surface area contributed by atoms with E-state index in [2.05, 4.69) is 16.7 Å². The molecule has 4 atom stereocenters. The molecule has 1 heterocycles. The van der Waals surface area contributed by atoms with Gasteiger partial charge in [0.05, 0.1) is 18.0 Å². The van der Waals surface area contributed by atoms with E-state index in [9.17, 15) is 24.6 Å². The molecular weight excluding hydrogens is 550 g/mol. The van der Waals surface area contributed by atoms with Gasteiger partial charge in [-0.1, -0.05) is 60.7 Å². The maximum Gasteiger partial charge on any atom is 0.254 e. The van der Waals surface area contributed by atoms with Crippen LogP contribution >= 0.6 is 11.8 Å². The molecule has 1 unspecified atom stereocenters. The number of carbonyl (C=O) groups is 3. The van der Waals surface area contributed by atoms with Gasteiger partial charge < -0.3 is 25.7 Å². The van der Waals surface area contributed by atoms with Crippen molar-refractivity contribution in [1.82, 2.24) is 15.5 Å². The molecule has 0 saturated carbocycles. The van der Waals surface area contributed by atoms with Gasteiger partial charge in [-0.25, -0.2) is 0 Å². The van der Waals surface area contributed by atoms with Gasteiger partial charge in [-0.2, -0.15) is 0 Å². The summed E-state index contributed by atoms with van der Waals surface area (Å²) in [5, 5.41) is 27.6. The Balaban J connectivity index is 1.37. The third-order valence-electron chi connectivity index (χ3n) is 8.33. The number of fused-ring (bicyclic) bond motifs is 1. The Kier molecular flexibility index (Phi) is 8.61. The average Bonchev–Trinajstić information content (AvgIpc) is 3.53. The number of rotatable bonds is 8. The minimum Gasteiger partial charge on any atom is -0.508 e. The maximum atomic E-state index is 13.9. The van der Waals surface area contributed by atoms with Crippen LogP contribution in [0.4, 0.5) is 0 Å². The number of aliphatic hydroxyl groups is 1. The zero-order valence-electron chi connectivity index (χ0n) is 24.0. The number of aliphatic hydroxyl groups excluding tert-OH is 1. The van der Waals surface area contributed by atoms with Crippen LogP contribution in [0.25, 0.3) is 0 Å². The lowest BCUT2D eigenvalue weighted by molar-refractivity contribution is -0.147. The van der Waals surface area contributed by atoms with Gasteiger partial charge in [0.1, 0.15) is 11.8 Å². The highest BCUT2D eigenvalue weighted by atomic mass is 32.2. The fourth-order valence-electron chi connectivity index (χ4n) is 5.94. The van der Waals surface area contributed by atoms with E-state index in [4.69, 9.17) is 0 Å². The first-order valence-corrected chi connectivity index (χ1v) is 15.2. The highest BCUT2D eigenvalue weighted by Gasteiger charge is 2.50. The Morgan fingerprint density at radius 2 is 1.74 bits per heavy atom. The number of aryl methyl sites for hydroxylation is 1. The van der Waals surface area contributed by atoms with Crippen molar-refractivity contribution in [2.24, 2.45) is 0 Å². The molecule has 0 spiro atoms. The summed E-state index contributed by atoms with van der Waals surface area (Å²) in [6.07, 6.45) is 0.257. The van der Waals surface area contributed by atoms with Crippen LogP contribution < -0.4 is 10.6 Å². The van der Waals surface area contributed by atoms with E-state index in [-0.39, 0.29) is 35.6 Å². The Morgan fingerprint density at radius 3 is 2.50 bits per heavy atom. The zero-order valence-corrected chi connectivity index (χ0v) is 24.9. The number of phenolic OH excluding ortho intramolecular Hbond substituents is 1. The molecule has 1 saturated heterocycles. The van der Waals surface area contributed by atoms with Gasteiger partial charge in [-0.05, 0) is 68.9 Å². The minimum atomic E-state index is -1.61. The molecule has 1 aliphatic heterocycles. The molecule has 4 N–H and O–H groups in total. The van der Waals surface area contributed by atoms with Gasteiger partial charge in [0, 0.05) is 15.9 Å². The van der Waals surface area contributed by atoms with E-state index in [1.165, 1.54) is 28.3 Å². The van der Waals surface area contributed by atoms with E-state index < -0.39 is 34.7 Å². The Hall–Kier alpha value is -3.82. The van der Waals surface area contributed by atoms with E-state index >= 15 is 0 Å². The van der Waals surface area contributed by atoms with E-state index in [0.29, 0.717) is 5.56 Å². The molecule has 220 valence electrons. The van der Waals surface area contributed by atoms with Crippen molar-refractivity contribution >= 4 is 29.5 Å². The number of hydrogen-bond acceptors (Lipinski definition) is 6. The SMILES string of the molecule is Cc1c(O)cccc1C(=O)N[C@@H](Cc1ccccc1)[C@H](O)C(=O)N1CSC(C)(C)[C@H]1C(=O)NC1CCc2ccccc21. The predicted molar refractivity (Wildman–Crippen MR) is 163 cm³/mol. The van der Waals surface area contributed by atoms with E-state index in [0.717, 1.165) is 24.0 Å². The second-order valence-electron chi connectivity index (χ2n) is 11.6. The molecule has 0 aromatic heterocycles. The molecule has 3 amide bonds. The number of thioether (sulfide) groups is 1. The van der Waals surface area contributed by atoms with Crippen LogP contribution in [0.3, 0.4) is 0 Å². The summed E-state index contributed by atoms with van der Waals surface area (Å²) in [5.41, 5.74) is 3.79. The Labute approximate surface area is 250 Å². The molecule has 42 heavy (non-hydrogen) atoms. The maximum absolute atomic E-state index is 13.9. The third-order valence-corrected chi connectivity index (χ3v) is 9.70. The second-order valence-corrected chi connectivity index (χ2v) is 13.1. The fraction of sp³-hybridized carbons (Fsp3) is 0.364. The summed E-state index contributed by atoms with van der Waals surface area (Å²) in [4.78, 5) is 42.5. The molecule has 1 fully saturated rings. The van der Waals surface area contributed by atoms with Crippen molar-refractivity contribution in [2.75, 3.05) is 5.88 Å². The smallest absolute Gasteiger partial charge is 0.254 e. The lowest BCUT2D eigenvalue weighted by Crippen LogP contribution is -2.59. The Bertz CT molecular complexity index is 1480. The van der Waals surface area contributed by atoms with Crippen molar-refractivity contribution in [2.45, 2.75) is 69.0 Å². The van der Waals surface area contributed by atoms with Crippen molar-refractivity contribution < 1.29 is 24.6 Å². The minimum absolute atomic E-state index is 0.0195. The van der Waals surface area contributed by atoms with Crippen molar-refractivity contribution in [1.29, 1.82) is 0 Å². The number of phenols is 1. The van der Waals surface area contributed by atoms with Crippen LogP contribution in [0, 0.1) is 6.92 Å². The summed E-state index contributed by atoms with van der Waals surface area (Å²) < 4.78 is -0.589. The van der Waals surface area contributed by atoms with Crippen LogP contribution in [-0.2, 0) is 22.4 Å². The van der Waals surface area contributed by atoms with E-state index in [1.54, 1.807) is 19.1 Å². The number of amides is 3. The van der Waals surface area contributed by atoms with Crippen LogP contribution in [0.15, 0.2) is 72.8 Å². The van der Waals surface area contributed by atoms with Gasteiger partial charge in [-0.15, -0.1) is 11.8 Å². The first-order valence-electron chi connectivity index (χ1n) is 14.2. The van der Waals surface area contributed by atoms with Crippen LogP contribution in [0.1, 0.15) is 58.9 Å². The van der Waals surface area contributed by atoms with Gasteiger partial charge in [0.15, 0.2) is 6.10 Å².